The van der Waals surface area contributed by atoms with Crippen LogP contribution in [0.4, 0.5) is 5.82 Å². The summed E-state index contributed by atoms with van der Waals surface area (Å²) in [7, 11) is 0. The molecule has 0 amide bonds. The Kier molecular flexibility index (Phi) is 3.65. The summed E-state index contributed by atoms with van der Waals surface area (Å²) in [5.74, 6) is 1.10. The van der Waals surface area contributed by atoms with Gasteiger partial charge in [-0.2, -0.15) is 0 Å². The van der Waals surface area contributed by atoms with Gasteiger partial charge in [0.25, 0.3) is 0 Å². The van der Waals surface area contributed by atoms with E-state index in [9.17, 15) is 0 Å². The van der Waals surface area contributed by atoms with Crippen LogP contribution in [-0.4, -0.2) is 14.5 Å². The van der Waals surface area contributed by atoms with Crippen LogP contribution in [-0.2, 0) is 13.0 Å². The molecule has 4 nitrogen and oxygen atoms in total. The number of anilines is 1. The van der Waals surface area contributed by atoms with E-state index in [1.807, 2.05) is 36.9 Å². The van der Waals surface area contributed by atoms with E-state index in [0.29, 0.717) is 11.7 Å². The number of hydrogen-bond acceptors (Lipinski definition) is 3. The molecule has 120 valence electrons. The maximum Gasteiger partial charge on any atom is 0.131 e. The Balaban J connectivity index is 1.79. The second-order valence-corrected chi connectivity index (χ2v) is 6.42. The van der Waals surface area contributed by atoms with Crippen molar-refractivity contribution in [3.63, 3.8) is 0 Å². The molecule has 2 heterocycles. The Morgan fingerprint density at radius 1 is 1.08 bits per heavy atom. The summed E-state index contributed by atoms with van der Waals surface area (Å²) in [6, 6.07) is 14.6. The molecule has 0 aliphatic carbocycles. The summed E-state index contributed by atoms with van der Waals surface area (Å²) >= 11 is 0. The first-order valence-electron chi connectivity index (χ1n) is 8.24. The van der Waals surface area contributed by atoms with Crippen molar-refractivity contribution in [2.24, 2.45) is 5.92 Å². The van der Waals surface area contributed by atoms with Crippen LogP contribution >= 0.6 is 0 Å². The molecule has 24 heavy (non-hydrogen) atoms. The number of fused-ring (bicyclic) bond motifs is 3. The number of hydrogen-bond donors (Lipinski definition) is 1. The quantitative estimate of drug-likeness (QED) is 0.578. The van der Waals surface area contributed by atoms with Gasteiger partial charge in [-0.05, 0) is 29.4 Å². The van der Waals surface area contributed by atoms with E-state index in [1.54, 1.807) is 0 Å². The van der Waals surface area contributed by atoms with Crippen molar-refractivity contribution in [1.29, 1.82) is 0 Å². The molecule has 0 radical (unpaired) electrons. The highest BCUT2D eigenvalue weighted by Crippen LogP contribution is 2.31. The average Bonchev–Trinajstić information content (AvgIpc) is 3.08. The zero-order valence-corrected chi connectivity index (χ0v) is 13.7. The van der Waals surface area contributed by atoms with Crippen molar-refractivity contribution in [1.82, 2.24) is 14.5 Å². The largest absolute Gasteiger partial charge is 0.383 e. The zero-order chi connectivity index (χ0) is 16.5. The average molecular weight is 316 g/mol. The number of nitrogens with two attached hydrogens (primary N) is 1. The van der Waals surface area contributed by atoms with Gasteiger partial charge >= 0.3 is 0 Å². The Morgan fingerprint density at radius 2 is 1.92 bits per heavy atom. The fraction of sp³-hybridized carbons (Fsp3) is 0.200. The molecule has 2 N–H and O–H groups in total. The van der Waals surface area contributed by atoms with Crippen LogP contribution in [0.2, 0.25) is 0 Å². The van der Waals surface area contributed by atoms with Gasteiger partial charge in [-0.1, -0.05) is 43.3 Å². The Hall–Kier alpha value is -2.88. The third kappa shape index (κ3) is 2.60. The first-order valence-corrected chi connectivity index (χ1v) is 8.24. The number of pyridine rings is 1. The van der Waals surface area contributed by atoms with Gasteiger partial charge in [0.2, 0.25) is 0 Å². The smallest absolute Gasteiger partial charge is 0.131 e. The highest BCUT2D eigenvalue weighted by Gasteiger charge is 2.12. The van der Waals surface area contributed by atoms with Crippen molar-refractivity contribution in [3.8, 4) is 0 Å². The third-order valence-electron chi connectivity index (χ3n) is 4.49. The summed E-state index contributed by atoms with van der Waals surface area (Å²) in [4.78, 5) is 8.73. The number of benzene rings is 2. The predicted octanol–water partition coefficient (Wildman–Crippen LogP) is 4.05. The van der Waals surface area contributed by atoms with Crippen LogP contribution in [0, 0.1) is 5.92 Å². The van der Waals surface area contributed by atoms with E-state index in [1.165, 1.54) is 16.3 Å². The monoisotopic (exact) mass is 316 g/mol. The lowest BCUT2D eigenvalue weighted by Crippen LogP contribution is -2.09. The molecule has 0 fully saturated rings. The molecule has 4 rings (SSSR count). The Morgan fingerprint density at radius 3 is 2.71 bits per heavy atom. The molecule has 0 spiro atoms. The second-order valence-electron chi connectivity index (χ2n) is 6.42. The number of imidazole rings is 1. The first-order chi connectivity index (χ1) is 11.7. The first kappa shape index (κ1) is 14.7. The molecule has 4 aromatic rings. The summed E-state index contributed by atoms with van der Waals surface area (Å²) in [5, 5.41) is 3.44. The summed E-state index contributed by atoms with van der Waals surface area (Å²) < 4.78 is 2.13. The maximum atomic E-state index is 6.14. The van der Waals surface area contributed by atoms with Gasteiger partial charge in [-0.3, -0.25) is 0 Å². The van der Waals surface area contributed by atoms with E-state index >= 15 is 0 Å². The van der Waals surface area contributed by atoms with Crippen LogP contribution in [0.25, 0.3) is 21.7 Å². The van der Waals surface area contributed by atoms with Gasteiger partial charge in [-0.25, -0.2) is 9.97 Å². The molecule has 2 aromatic heterocycles. The number of nitrogens with zero attached hydrogens (tertiary/aromatic N) is 3. The van der Waals surface area contributed by atoms with E-state index in [4.69, 9.17) is 5.73 Å². The van der Waals surface area contributed by atoms with Crippen LogP contribution in [0.3, 0.4) is 0 Å². The third-order valence-corrected chi connectivity index (χ3v) is 4.49. The molecular formula is C20H20N4. The zero-order valence-electron chi connectivity index (χ0n) is 13.7. The minimum atomic E-state index is 0.501. The normalized spacial score (nSPS) is 12.7. The van der Waals surface area contributed by atoms with E-state index in [2.05, 4.69) is 45.7 Å². The highest BCUT2D eigenvalue weighted by atomic mass is 15.0. The van der Waals surface area contributed by atoms with Crippen LogP contribution < -0.4 is 5.73 Å². The highest BCUT2D eigenvalue weighted by molar-refractivity contribution is 6.11. The SMILES string of the molecule is CC(Cc1cccc2nc(N)c3ccccc3c12)Cn1ccnc1. The molecule has 2 aromatic carbocycles. The minimum Gasteiger partial charge on any atom is -0.383 e. The molecule has 0 saturated carbocycles. The number of aromatic nitrogens is 3. The van der Waals surface area contributed by atoms with Gasteiger partial charge in [-0.15, -0.1) is 0 Å². The lowest BCUT2D eigenvalue weighted by molar-refractivity contribution is 0.480. The van der Waals surface area contributed by atoms with E-state index in [0.717, 1.165) is 23.9 Å². The van der Waals surface area contributed by atoms with Crippen molar-refractivity contribution in [2.75, 3.05) is 5.73 Å². The summed E-state index contributed by atoms with van der Waals surface area (Å²) in [5.41, 5.74) is 8.44. The van der Waals surface area contributed by atoms with Gasteiger partial charge in [0, 0.05) is 29.7 Å². The van der Waals surface area contributed by atoms with Crippen molar-refractivity contribution in [3.05, 3.63) is 66.7 Å². The molecule has 0 aliphatic heterocycles. The fourth-order valence-electron chi connectivity index (χ4n) is 3.47. The lowest BCUT2D eigenvalue weighted by atomic mass is 9.94. The molecular weight excluding hydrogens is 296 g/mol. The summed E-state index contributed by atoms with van der Waals surface area (Å²) in [6.07, 6.45) is 6.70. The molecule has 0 aliphatic rings. The van der Waals surface area contributed by atoms with Crippen molar-refractivity contribution >= 4 is 27.5 Å². The predicted molar refractivity (Wildman–Crippen MR) is 98.8 cm³/mol. The molecule has 1 unspecified atom stereocenters. The van der Waals surface area contributed by atoms with Gasteiger partial charge in [0.05, 0.1) is 11.8 Å². The van der Waals surface area contributed by atoms with Gasteiger partial charge < -0.3 is 10.3 Å². The van der Waals surface area contributed by atoms with Crippen molar-refractivity contribution < 1.29 is 0 Å². The van der Waals surface area contributed by atoms with Gasteiger partial charge in [0.15, 0.2) is 0 Å². The van der Waals surface area contributed by atoms with Crippen LogP contribution in [0.15, 0.2) is 61.2 Å². The molecule has 1 atom stereocenters. The Bertz CT molecular complexity index is 989. The second kappa shape index (κ2) is 5.96. The molecule has 4 heteroatoms. The molecule has 0 bridgehead atoms. The van der Waals surface area contributed by atoms with Crippen LogP contribution in [0.5, 0.6) is 0 Å². The van der Waals surface area contributed by atoms with E-state index in [-0.39, 0.29) is 0 Å². The number of rotatable bonds is 4. The number of nitrogen functional groups attached to an aromatic ring is 1. The van der Waals surface area contributed by atoms with Gasteiger partial charge in [0.1, 0.15) is 5.82 Å². The Labute approximate surface area is 141 Å². The lowest BCUT2D eigenvalue weighted by Gasteiger charge is -2.15. The fourth-order valence-corrected chi connectivity index (χ4v) is 3.47. The topological polar surface area (TPSA) is 56.7 Å². The van der Waals surface area contributed by atoms with E-state index < -0.39 is 0 Å². The summed E-state index contributed by atoms with van der Waals surface area (Å²) in [6.45, 7) is 3.22. The maximum absolute atomic E-state index is 6.14. The molecule has 0 saturated heterocycles. The standard InChI is InChI=1S/C20H20N4/c1-14(12-24-10-9-22-13-24)11-15-5-4-8-18-19(15)16-6-2-3-7-17(16)20(21)23-18/h2-10,13-14H,11-12H2,1H3,(H2,21,23). The minimum absolute atomic E-state index is 0.501. The van der Waals surface area contributed by atoms with Crippen molar-refractivity contribution in [2.45, 2.75) is 19.9 Å². The van der Waals surface area contributed by atoms with Crippen LogP contribution in [0.1, 0.15) is 12.5 Å².